The number of anilines is 2. The molecular formula is C18H19ClN4O2. The van der Waals surface area contributed by atoms with E-state index in [1.54, 1.807) is 24.3 Å². The van der Waals surface area contributed by atoms with Gasteiger partial charge < -0.3 is 20.9 Å². The van der Waals surface area contributed by atoms with Crippen LogP contribution in [0.2, 0.25) is 5.02 Å². The number of amides is 3. The number of piperazine rings is 1. The van der Waals surface area contributed by atoms with Crippen LogP contribution in [0.1, 0.15) is 10.4 Å². The number of para-hydroxylation sites is 1. The number of rotatable bonds is 3. The molecule has 7 heteroatoms. The Morgan fingerprint density at radius 2 is 1.60 bits per heavy atom. The van der Waals surface area contributed by atoms with E-state index in [2.05, 4.69) is 10.2 Å². The highest BCUT2D eigenvalue weighted by molar-refractivity contribution is 6.33. The summed E-state index contributed by atoms with van der Waals surface area (Å²) in [7, 11) is 0. The summed E-state index contributed by atoms with van der Waals surface area (Å²) in [6.45, 7) is 2.73. The summed E-state index contributed by atoms with van der Waals surface area (Å²) in [5.74, 6) is -0.0237. The van der Waals surface area contributed by atoms with E-state index in [4.69, 9.17) is 17.3 Å². The minimum Gasteiger partial charge on any atom is -0.367 e. The summed E-state index contributed by atoms with van der Waals surface area (Å²) in [6.07, 6.45) is 0. The Bertz CT molecular complexity index is 771. The highest BCUT2D eigenvalue weighted by Crippen LogP contribution is 2.26. The monoisotopic (exact) mass is 358 g/mol. The standard InChI is InChI=1S/C18H19ClN4O2/c19-15-3-1-2-4-16(15)22-9-11-23(12-10-22)17(24)13-5-7-14(8-6-13)21-18(20)25/h1-8H,9-12H2,(H3,20,21,25). The molecule has 2 aromatic carbocycles. The summed E-state index contributed by atoms with van der Waals surface area (Å²) >= 11 is 6.24. The molecule has 1 aliphatic heterocycles. The van der Waals surface area contributed by atoms with Gasteiger partial charge in [-0.1, -0.05) is 23.7 Å². The maximum atomic E-state index is 12.6. The average molecular weight is 359 g/mol. The van der Waals surface area contributed by atoms with Crippen molar-refractivity contribution in [2.45, 2.75) is 0 Å². The van der Waals surface area contributed by atoms with E-state index >= 15 is 0 Å². The fourth-order valence-electron chi connectivity index (χ4n) is 2.88. The first kappa shape index (κ1) is 17.1. The molecule has 1 fully saturated rings. The SMILES string of the molecule is NC(=O)Nc1ccc(C(=O)N2CCN(c3ccccc3Cl)CC2)cc1. The Morgan fingerprint density at radius 3 is 2.20 bits per heavy atom. The molecule has 0 saturated carbocycles. The number of nitrogens with zero attached hydrogens (tertiary/aromatic N) is 2. The van der Waals surface area contributed by atoms with Gasteiger partial charge in [-0.25, -0.2) is 4.79 Å². The Balaban J connectivity index is 1.61. The van der Waals surface area contributed by atoms with Gasteiger partial charge in [0.15, 0.2) is 0 Å². The van der Waals surface area contributed by atoms with Crippen LogP contribution in [0.25, 0.3) is 0 Å². The van der Waals surface area contributed by atoms with Gasteiger partial charge in [0.05, 0.1) is 10.7 Å². The van der Waals surface area contributed by atoms with Crippen molar-refractivity contribution in [1.29, 1.82) is 0 Å². The van der Waals surface area contributed by atoms with Crippen LogP contribution in [0.15, 0.2) is 48.5 Å². The summed E-state index contributed by atoms with van der Waals surface area (Å²) in [4.78, 5) is 27.5. The molecule has 6 nitrogen and oxygen atoms in total. The van der Waals surface area contributed by atoms with Gasteiger partial charge in [0.1, 0.15) is 0 Å². The lowest BCUT2D eigenvalue weighted by molar-refractivity contribution is 0.0747. The minimum absolute atomic E-state index is 0.0237. The van der Waals surface area contributed by atoms with Crippen molar-refractivity contribution in [3.63, 3.8) is 0 Å². The smallest absolute Gasteiger partial charge is 0.316 e. The lowest BCUT2D eigenvalue weighted by Crippen LogP contribution is -2.48. The summed E-state index contributed by atoms with van der Waals surface area (Å²) in [6, 6.07) is 13.8. The van der Waals surface area contributed by atoms with Crippen molar-refractivity contribution >= 4 is 34.9 Å². The number of urea groups is 1. The zero-order valence-corrected chi connectivity index (χ0v) is 14.4. The number of carbonyl (C=O) groups excluding carboxylic acids is 2. The van der Waals surface area contributed by atoms with E-state index in [0.29, 0.717) is 24.3 Å². The summed E-state index contributed by atoms with van der Waals surface area (Å²) in [5.41, 5.74) is 7.22. The molecule has 130 valence electrons. The van der Waals surface area contributed by atoms with Gasteiger partial charge in [-0.2, -0.15) is 0 Å². The van der Waals surface area contributed by atoms with Crippen LogP contribution < -0.4 is 16.0 Å². The molecule has 0 atom stereocenters. The highest BCUT2D eigenvalue weighted by Gasteiger charge is 2.23. The Morgan fingerprint density at radius 1 is 0.960 bits per heavy atom. The first-order valence-corrected chi connectivity index (χ1v) is 8.37. The second kappa shape index (κ2) is 7.44. The number of hydrogen-bond donors (Lipinski definition) is 2. The maximum Gasteiger partial charge on any atom is 0.316 e. The normalized spacial score (nSPS) is 14.3. The molecule has 0 aliphatic carbocycles. The fraction of sp³-hybridized carbons (Fsp3) is 0.222. The molecule has 0 spiro atoms. The van der Waals surface area contributed by atoms with Crippen molar-refractivity contribution in [1.82, 2.24) is 4.90 Å². The van der Waals surface area contributed by atoms with Gasteiger partial charge in [0.25, 0.3) is 5.91 Å². The molecule has 0 aromatic heterocycles. The lowest BCUT2D eigenvalue weighted by Gasteiger charge is -2.36. The van der Waals surface area contributed by atoms with Gasteiger partial charge in [0, 0.05) is 37.4 Å². The van der Waals surface area contributed by atoms with Crippen molar-refractivity contribution in [2.75, 3.05) is 36.4 Å². The predicted octanol–water partition coefficient (Wildman–Crippen LogP) is 2.79. The van der Waals surface area contributed by atoms with Gasteiger partial charge >= 0.3 is 6.03 Å². The van der Waals surface area contributed by atoms with Crippen LogP contribution in [0.3, 0.4) is 0 Å². The number of carbonyl (C=O) groups is 2. The number of nitrogens with one attached hydrogen (secondary N) is 1. The van der Waals surface area contributed by atoms with E-state index in [9.17, 15) is 9.59 Å². The number of hydrogen-bond acceptors (Lipinski definition) is 3. The predicted molar refractivity (Wildman–Crippen MR) is 99.2 cm³/mol. The van der Waals surface area contributed by atoms with Crippen molar-refractivity contribution in [2.24, 2.45) is 5.73 Å². The third-order valence-electron chi connectivity index (χ3n) is 4.16. The van der Waals surface area contributed by atoms with Gasteiger partial charge in [0.2, 0.25) is 0 Å². The number of benzene rings is 2. The van der Waals surface area contributed by atoms with E-state index in [0.717, 1.165) is 23.8 Å². The molecule has 3 N–H and O–H groups in total. The largest absolute Gasteiger partial charge is 0.367 e. The topological polar surface area (TPSA) is 78.7 Å². The van der Waals surface area contributed by atoms with Crippen LogP contribution in [-0.2, 0) is 0 Å². The Hall–Kier alpha value is -2.73. The van der Waals surface area contributed by atoms with E-state index in [-0.39, 0.29) is 5.91 Å². The zero-order chi connectivity index (χ0) is 17.8. The molecule has 0 radical (unpaired) electrons. The Labute approximate surface area is 151 Å². The van der Waals surface area contributed by atoms with Crippen LogP contribution in [0.4, 0.5) is 16.2 Å². The maximum absolute atomic E-state index is 12.6. The van der Waals surface area contributed by atoms with Crippen molar-refractivity contribution in [3.8, 4) is 0 Å². The molecular weight excluding hydrogens is 340 g/mol. The second-order valence-electron chi connectivity index (χ2n) is 5.80. The first-order valence-electron chi connectivity index (χ1n) is 8.00. The molecule has 1 saturated heterocycles. The van der Waals surface area contributed by atoms with Crippen molar-refractivity contribution < 1.29 is 9.59 Å². The molecule has 3 amide bonds. The van der Waals surface area contributed by atoms with Crippen molar-refractivity contribution in [3.05, 3.63) is 59.1 Å². The van der Waals surface area contributed by atoms with Crippen LogP contribution in [0.5, 0.6) is 0 Å². The molecule has 2 aromatic rings. The lowest BCUT2D eigenvalue weighted by atomic mass is 10.1. The van der Waals surface area contributed by atoms with E-state index < -0.39 is 6.03 Å². The molecule has 1 heterocycles. The molecule has 0 bridgehead atoms. The van der Waals surface area contributed by atoms with Gasteiger partial charge in [-0.05, 0) is 36.4 Å². The van der Waals surface area contributed by atoms with E-state index in [1.807, 2.05) is 29.2 Å². The second-order valence-corrected chi connectivity index (χ2v) is 6.20. The van der Waals surface area contributed by atoms with Crippen LogP contribution >= 0.6 is 11.6 Å². The number of halogens is 1. The fourth-order valence-corrected chi connectivity index (χ4v) is 3.13. The van der Waals surface area contributed by atoms with Gasteiger partial charge in [-0.3, -0.25) is 4.79 Å². The highest BCUT2D eigenvalue weighted by atomic mass is 35.5. The minimum atomic E-state index is -0.630. The summed E-state index contributed by atoms with van der Waals surface area (Å²) in [5, 5.41) is 3.20. The summed E-state index contributed by atoms with van der Waals surface area (Å²) < 4.78 is 0. The third kappa shape index (κ3) is 4.03. The number of nitrogens with two attached hydrogens (primary N) is 1. The molecule has 0 unspecified atom stereocenters. The van der Waals surface area contributed by atoms with E-state index in [1.165, 1.54) is 0 Å². The van der Waals surface area contributed by atoms with Crippen LogP contribution in [0, 0.1) is 0 Å². The number of primary amides is 1. The molecule has 3 rings (SSSR count). The first-order chi connectivity index (χ1) is 12.0. The molecule has 1 aliphatic rings. The van der Waals surface area contributed by atoms with Crippen LogP contribution in [-0.4, -0.2) is 43.0 Å². The third-order valence-corrected chi connectivity index (χ3v) is 4.48. The average Bonchev–Trinajstić information content (AvgIpc) is 2.62. The van der Waals surface area contributed by atoms with Gasteiger partial charge in [-0.15, -0.1) is 0 Å². The molecule has 25 heavy (non-hydrogen) atoms. The Kier molecular flexibility index (Phi) is 5.09. The quantitative estimate of drug-likeness (QED) is 0.885. The zero-order valence-electron chi connectivity index (χ0n) is 13.6.